The Balaban J connectivity index is 1.36. The van der Waals surface area contributed by atoms with E-state index in [1.165, 1.54) is 5.56 Å². The highest BCUT2D eigenvalue weighted by Gasteiger charge is 2.25. The van der Waals surface area contributed by atoms with Gasteiger partial charge in [-0.2, -0.15) is 5.10 Å². The minimum absolute atomic E-state index is 0.00229. The van der Waals surface area contributed by atoms with Gasteiger partial charge >= 0.3 is 0 Å². The summed E-state index contributed by atoms with van der Waals surface area (Å²) in [5.74, 6) is 0.649. The molecule has 0 bridgehead atoms. The van der Waals surface area contributed by atoms with Gasteiger partial charge in [0.2, 0.25) is 0 Å². The van der Waals surface area contributed by atoms with E-state index in [0.29, 0.717) is 17.4 Å². The van der Waals surface area contributed by atoms with Crippen molar-refractivity contribution < 1.29 is 4.79 Å². The van der Waals surface area contributed by atoms with E-state index in [4.69, 9.17) is 4.98 Å². The lowest BCUT2D eigenvalue weighted by Gasteiger charge is -2.15. The molecule has 0 radical (unpaired) electrons. The number of carbonyl (C=O) groups excluding carboxylic acids is 1. The van der Waals surface area contributed by atoms with E-state index in [-0.39, 0.29) is 11.9 Å². The van der Waals surface area contributed by atoms with E-state index < -0.39 is 0 Å². The first kappa shape index (κ1) is 19.3. The molecule has 0 aliphatic heterocycles. The summed E-state index contributed by atoms with van der Waals surface area (Å²) < 4.78 is 1.94. The number of hydrogen-bond acceptors (Lipinski definition) is 4. The number of anilines is 1. The summed E-state index contributed by atoms with van der Waals surface area (Å²) >= 11 is 0. The molecule has 1 amide bonds. The second-order valence-electron chi connectivity index (χ2n) is 8.14. The molecule has 2 aromatic carbocycles. The highest BCUT2D eigenvalue weighted by Crippen LogP contribution is 2.26. The largest absolute Gasteiger partial charge is 0.363 e. The summed E-state index contributed by atoms with van der Waals surface area (Å²) in [4.78, 5) is 17.5. The zero-order valence-electron chi connectivity index (χ0n) is 17.5. The fourth-order valence-electron chi connectivity index (χ4n) is 3.69. The molecule has 1 aliphatic carbocycles. The molecular weight excluding hydrogens is 386 g/mol. The van der Waals surface area contributed by atoms with Crippen LogP contribution in [0, 0.1) is 0 Å². The smallest absolute Gasteiger partial charge is 0.252 e. The monoisotopic (exact) mass is 411 g/mol. The maximum Gasteiger partial charge on any atom is 0.252 e. The Kier molecular flexibility index (Phi) is 5.12. The number of carbonyl (C=O) groups is 1. The molecule has 156 valence electrons. The van der Waals surface area contributed by atoms with Crippen LogP contribution in [0.3, 0.4) is 0 Å². The van der Waals surface area contributed by atoms with Gasteiger partial charge in [-0.25, -0.2) is 4.98 Å². The van der Waals surface area contributed by atoms with Gasteiger partial charge < -0.3 is 10.6 Å². The number of hydrogen-bond donors (Lipinski definition) is 2. The quantitative estimate of drug-likeness (QED) is 0.468. The Labute approximate surface area is 181 Å². The van der Waals surface area contributed by atoms with E-state index >= 15 is 0 Å². The highest BCUT2D eigenvalue weighted by molar-refractivity contribution is 6.07. The van der Waals surface area contributed by atoms with E-state index in [9.17, 15) is 4.79 Å². The third-order valence-electron chi connectivity index (χ3n) is 5.58. The summed E-state index contributed by atoms with van der Waals surface area (Å²) in [6.45, 7) is 2.80. The lowest BCUT2D eigenvalue weighted by Crippen LogP contribution is -2.25. The Morgan fingerprint density at radius 2 is 1.90 bits per heavy atom. The first-order valence-electron chi connectivity index (χ1n) is 10.7. The maximum absolute atomic E-state index is 12.8. The number of pyridine rings is 1. The number of para-hydroxylation sites is 1. The summed E-state index contributed by atoms with van der Waals surface area (Å²) in [5.41, 5.74) is 3.74. The molecule has 2 aromatic heterocycles. The van der Waals surface area contributed by atoms with E-state index in [1.807, 2.05) is 65.6 Å². The van der Waals surface area contributed by atoms with E-state index in [2.05, 4.69) is 34.8 Å². The standard InChI is InChI=1S/C25H25N5O/c1-17(19-14-26-30(16-19)15-18-7-3-2-4-8-18)27-24-13-22(25(31)28-20-11-12-20)21-9-5-6-10-23(21)29-24/h2-10,13-14,16-17,20H,11-12,15H2,1H3,(H,27,29)(H,28,31). The van der Waals surface area contributed by atoms with Gasteiger partial charge in [-0.05, 0) is 37.5 Å². The predicted octanol–water partition coefficient (Wildman–Crippen LogP) is 4.54. The van der Waals surface area contributed by atoms with Crippen LogP contribution in [0.25, 0.3) is 10.9 Å². The molecule has 2 N–H and O–H groups in total. The molecule has 6 nitrogen and oxygen atoms in total. The molecular formula is C25H25N5O. The Morgan fingerprint density at radius 3 is 2.71 bits per heavy atom. The third kappa shape index (κ3) is 4.43. The van der Waals surface area contributed by atoms with Crippen molar-refractivity contribution in [3.05, 3.63) is 89.7 Å². The first-order valence-corrected chi connectivity index (χ1v) is 10.7. The molecule has 0 spiro atoms. The lowest BCUT2D eigenvalue weighted by atomic mass is 10.1. The van der Waals surface area contributed by atoms with Crippen molar-refractivity contribution in [1.82, 2.24) is 20.1 Å². The molecule has 2 heterocycles. The highest BCUT2D eigenvalue weighted by atomic mass is 16.1. The van der Waals surface area contributed by atoms with Gasteiger partial charge in [0.25, 0.3) is 5.91 Å². The molecule has 5 rings (SSSR count). The summed E-state index contributed by atoms with van der Waals surface area (Å²) in [6, 6.07) is 20.2. The van der Waals surface area contributed by atoms with Crippen molar-refractivity contribution in [2.75, 3.05) is 5.32 Å². The van der Waals surface area contributed by atoms with Crippen LogP contribution in [-0.4, -0.2) is 26.7 Å². The van der Waals surface area contributed by atoms with Crippen LogP contribution in [0.5, 0.6) is 0 Å². The molecule has 1 saturated carbocycles. The van der Waals surface area contributed by atoms with Crippen LogP contribution in [0.2, 0.25) is 0 Å². The number of aromatic nitrogens is 3. The molecule has 6 heteroatoms. The Hall–Kier alpha value is -3.67. The van der Waals surface area contributed by atoms with Crippen molar-refractivity contribution >= 4 is 22.6 Å². The van der Waals surface area contributed by atoms with Gasteiger partial charge in [-0.15, -0.1) is 0 Å². The molecule has 1 fully saturated rings. The van der Waals surface area contributed by atoms with Crippen molar-refractivity contribution in [1.29, 1.82) is 0 Å². The van der Waals surface area contributed by atoms with Gasteiger partial charge in [0.1, 0.15) is 5.82 Å². The average molecular weight is 412 g/mol. The van der Waals surface area contributed by atoms with Crippen LogP contribution < -0.4 is 10.6 Å². The van der Waals surface area contributed by atoms with Gasteiger partial charge in [0, 0.05) is 23.2 Å². The summed E-state index contributed by atoms with van der Waals surface area (Å²) in [5, 5.41) is 11.9. The molecule has 1 unspecified atom stereocenters. The average Bonchev–Trinajstić information content (AvgIpc) is 3.48. The second kappa shape index (κ2) is 8.22. The fourth-order valence-corrected chi connectivity index (χ4v) is 3.69. The van der Waals surface area contributed by atoms with Crippen molar-refractivity contribution in [2.45, 2.75) is 38.4 Å². The van der Waals surface area contributed by atoms with E-state index in [0.717, 1.165) is 35.9 Å². The normalized spacial score (nSPS) is 14.4. The fraction of sp³-hybridized carbons (Fsp3) is 0.240. The van der Waals surface area contributed by atoms with Gasteiger partial charge in [-0.1, -0.05) is 48.5 Å². The Bertz CT molecular complexity index is 1210. The van der Waals surface area contributed by atoms with Crippen LogP contribution in [-0.2, 0) is 6.54 Å². The van der Waals surface area contributed by atoms with Crippen molar-refractivity contribution in [2.24, 2.45) is 0 Å². The predicted molar refractivity (Wildman–Crippen MR) is 122 cm³/mol. The number of benzene rings is 2. The zero-order chi connectivity index (χ0) is 21.2. The molecule has 0 saturated heterocycles. The maximum atomic E-state index is 12.8. The third-order valence-corrected chi connectivity index (χ3v) is 5.58. The Morgan fingerprint density at radius 1 is 1.13 bits per heavy atom. The van der Waals surface area contributed by atoms with Crippen molar-refractivity contribution in [3.63, 3.8) is 0 Å². The number of amides is 1. The summed E-state index contributed by atoms with van der Waals surface area (Å²) in [7, 11) is 0. The van der Waals surface area contributed by atoms with Crippen LogP contribution in [0.15, 0.2) is 73.1 Å². The van der Waals surface area contributed by atoms with Crippen LogP contribution in [0.4, 0.5) is 5.82 Å². The topological polar surface area (TPSA) is 71.8 Å². The second-order valence-corrected chi connectivity index (χ2v) is 8.14. The van der Waals surface area contributed by atoms with Gasteiger partial charge in [-0.3, -0.25) is 9.48 Å². The number of rotatable bonds is 7. The van der Waals surface area contributed by atoms with Crippen LogP contribution >= 0.6 is 0 Å². The molecule has 4 aromatic rings. The lowest BCUT2D eigenvalue weighted by molar-refractivity contribution is 0.0952. The number of fused-ring (bicyclic) bond motifs is 1. The first-order chi connectivity index (χ1) is 15.2. The minimum Gasteiger partial charge on any atom is -0.363 e. The van der Waals surface area contributed by atoms with E-state index in [1.54, 1.807) is 0 Å². The van der Waals surface area contributed by atoms with Gasteiger partial charge in [0.05, 0.1) is 29.9 Å². The number of nitrogens with zero attached hydrogens (tertiary/aromatic N) is 3. The zero-order valence-corrected chi connectivity index (χ0v) is 17.5. The van der Waals surface area contributed by atoms with Crippen LogP contribution in [0.1, 0.15) is 47.3 Å². The van der Waals surface area contributed by atoms with Crippen molar-refractivity contribution in [3.8, 4) is 0 Å². The SMILES string of the molecule is CC(Nc1cc(C(=O)NC2CC2)c2ccccc2n1)c1cnn(Cc2ccccc2)c1. The van der Waals surface area contributed by atoms with Gasteiger partial charge in [0.15, 0.2) is 0 Å². The molecule has 1 atom stereocenters. The number of nitrogens with one attached hydrogen (secondary N) is 2. The molecule has 1 aliphatic rings. The summed E-state index contributed by atoms with van der Waals surface area (Å²) in [6.07, 6.45) is 6.04. The minimum atomic E-state index is -0.0347. The molecule has 31 heavy (non-hydrogen) atoms.